The third-order valence-corrected chi connectivity index (χ3v) is 3.85. The highest BCUT2D eigenvalue weighted by atomic mass is 16.5. The van der Waals surface area contributed by atoms with Crippen LogP contribution in [0.25, 0.3) is 0 Å². The predicted octanol–water partition coefficient (Wildman–Crippen LogP) is 1.34. The molecular weight excluding hydrogens is 218 g/mol. The molecule has 0 saturated carbocycles. The van der Waals surface area contributed by atoms with Crippen LogP contribution >= 0.6 is 0 Å². The standard InChI is InChI=1S/C13H25NO3/c1-15-13(6-9-16-11-13)10-14-7-2-4-12-5-3-8-17-12/h12,14H,2-11H2,1H3. The molecule has 2 fully saturated rings. The van der Waals surface area contributed by atoms with Crippen LogP contribution in [0.4, 0.5) is 0 Å². The molecule has 2 rings (SSSR count). The maximum absolute atomic E-state index is 5.60. The second-order valence-corrected chi connectivity index (χ2v) is 5.14. The first-order valence-electron chi connectivity index (χ1n) is 6.80. The van der Waals surface area contributed by atoms with Gasteiger partial charge in [-0.05, 0) is 32.2 Å². The van der Waals surface area contributed by atoms with E-state index in [4.69, 9.17) is 14.2 Å². The Kier molecular flexibility index (Phi) is 5.22. The maximum Gasteiger partial charge on any atom is 0.106 e. The highest BCUT2D eigenvalue weighted by Crippen LogP contribution is 2.21. The minimum Gasteiger partial charge on any atom is -0.378 e. The van der Waals surface area contributed by atoms with E-state index in [2.05, 4.69) is 5.32 Å². The Morgan fingerprint density at radius 3 is 3.00 bits per heavy atom. The summed E-state index contributed by atoms with van der Waals surface area (Å²) in [5.41, 5.74) is -0.0795. The Labute approximate surface area is 104 Å². The van der Waals surface area contributed by atoms with E-state index >= 15 is 0 Å². The third-order valence-electron chi connectivity index (χ3n) is 3.85. The molecule has 0 aromatic carbocycles. The second-order valence-electron chi connectivity index (χ2n) is 5.14. The average molecular weight is 243 g/mol. The van der Waals surface area contributed by atoms with Gasteiger partial charge in [0.1, 0.15) is 5.60 Å². The molecule has 0 aromatic heterocycles. The van der Waals surface area contributed by atoms with Gasteiger partial charge in [0.2, 0.25) is 0 Å². The van der Waals surface area contributed by atoms with Gasteiger partial charge in [0.05, 0.1) is 12.7 Å². The van der Waals surface area contributed by atoms with Crippen molar-refractivity contribution in [3.05, 3.63) is 0 Å². The van der Waals surface area contributed by atoms with E-state index < -0.39 is 0 Å². The fourth-order valence-electron chi connectivity index (χ4n) is 2.60. The molecule has 1 N–H and O–H groups in total. The van der Waals surface area contributed by atoms with Crippen LogP contribution in [0.5, 0.6) is 0 Å². The molecule has 0 spiro atoms. The van der Waals surface area contributed by atoms with Crippen LogP contribution in [0.1, 0.15) is 32.1 Å². The van der Waals surface area contributed by atoms with Gasteiger partial charge in [-0.25, -0.2) is 0 Å². The Morgan fingerprint density at radius 1 is 1.41 bits per heavy atom. The summed E-state index contributed by atoms with van der Waals surface area (Å²) in [4.78, 5) is 0. The van der Waals surface area contributed by atoms with Crippen molar-refractivity contribution in [1.29, 1.82) is 0 Å². The third kappa shape index (κ3) is 3.91. The maximum atomic E-state index is 5.60. The fraction of sp³-hybridized carbons (Fsp3) is 1.00. The smallest absolute Gasteiger partial charge is 0.106 e. The lowest BCUT2D eigenvalue weighted by atomic mass is 10.0. The normalized spacial score (nSPS) is 33.4. The van der Waals surface area contributed by atoms with Crippen LogP contribution in [0.15, 0.2) is 0 Å². The van der Waals surface area contributed by atoms with Crippen LogP contribution in [0, 0.1) is 0 Å². The number of methoxy groups -OCH3 is 1. The summed E-state index contributed by atoms with van der Waals surface area (Å²) < 4.78 is 16.6. The summed E-state index contributed by atoms with van der Waals surface area (Å²) in [5.74, 6) is 0. The molecular formula is C13H25NO3. The summed E-state index contributed by atoms with van der Waals surface area (Å²) in [6, 6.07) is 0. The molecule has 17 heavy (non-hydrogen) atoms. The summed E-state index contributed by atoms with van der Waals surface area (Å²) >= 11 is 0. The molecule has 2 heterocycles. The zero-order chi connectivity index (χ0) is 12.0. The number of ether oxygens (including phenoxy) is 3. The number of hydrogen-bond donors (Lipinski definition) is 1. The summed E-state index contributed by atoms with van der Waals surface area (Å²) in [6.45, 7) is 4.45. The number of rotatable bonds is 7. The van der Waals surface area contributed by atoms with Crippen LogP contribution in [0.2, 0.25) is 0 Å². The van der Waals surface area contributed by atoms with Gasteiger partial charge >= 0.3 is 0 Å². The first kappa shape index (κ1) is 13.3. The predicted molar refractivity (Wildman–Crippen MR) is 66.3 cm³/mol. The molecule has 0 amide bonds. The van der Waals surface area contributed by atoms with Crippen LogP contribution in [0.3, 0.4) is 0 Å². The van der Waals surface area contributed by atoms with Crippen LogP contribution < -0.4 is 5.32 Å². The molecule has 4 nitrogen and oxygen atoms in total. The van der Waals surface area contributed by atoms with E-state index in [1.54, 1.807) is 7.11 Å². The monoisotopic (exact) mass is 243 g/mol. The lowest BCUT2D eigenvalue weighted by Crippen LogP contribution is -2.43. The molecule has 2 aliphatic heterocycles. The highest BCUT2D eigenvalue weighted by molar-refractivity contribution is 4.86. The first-order chi connectivity index (χ1) is 8.35. The Bertz CT molecular complexity index is 211. The van der Waals surface area contributed by atoms with Gasteiger partial charge in [0.15, 0.2) is 0 Å². The molecule has 0 bridgehead atoms. The van der Waals surface area contributed by atoms with E-state index in [1.165, 1.54) is 25.7 Å². The van der Waals surface area contributed by atoms with Crippen molar-refractivity contribution in [2.24, 2.45) is 0 Å². The van der Waals surface area contributed by atoms with E-state index in [0.717, 1.165) is 39.3 Å². The van der Waals surface area contributed by atoms with E-state index in [1.807, 2.05) is 0 Å². The fourth-order valence-corrected chi connectivity index (χ4v) is 2.60. The van der Waals surface area contributed by atoms with Crippen molar-refractivity contribution in [2.75, 3.05) is 40.0 Å². The quantitative estimate of drug-likeness (QED) is 0.685. The van der Waals surface area contributed by atoms with Crippen LogP contribution in [-0.2, 0) is 14.2 Å². The van der Waals surface area contributed by atoms with Gasteiger partial charge in [0, 0.05) is 33.3 Å². The molecule has 2 aliphatic rings. The van der Waals surface area contributed by atoms with Crippen molar-refractivity contribution in [3.63, 3.8) is 0 Å². The van der Waals surface area contributed by atoms with Gasteiger partial charge in [-0.3, -0.25) is 0 Å². The largest absolute Gasteiger partial charge is 0.378 e. The number of nitrogens with one attached hydrogen (secondary N) is 1. The van der Waals surface area contributed by atoms with E-state index in [9.17, 15) is 0 Å². The van der Waals surface area contributed by atoms with Crippen molar-refractivity contribution in [1.82, 2.24) is 5.32 Å². The minimum atomic E-state index is -0.0795. The SMILES string of the molecule is COC1(CNCCCC2CCCO2)CCOC1. The van der Waals surface area contributed by atoms with Crippen molar-refractivity contribution in [3.8, 4) is 0 Å². The zero-order valence-corrected chi connectivity index (χ0v) is 10.9. The van der Waals surface area contributed by atoms with Gasteiger partial charge in [-0.15, -0.1) is 0 Å². The van der Waals surface area contributed by atoms with Crippen LogP contribution in [-0.4, -0.2) is 51.7 Å². The minimum absolute atomic E-state index is 0.0795. The highest BCUT2D eigenvalue weighted by Gasteiger charge is 2.34. The van der Waals surface area contributed by atoms with Crippen molar-refractivity contribution >= 4 is 0 Å². The Hall–Kier alpha value is -0.160. The van der Waals surface area contributed by atoms with Gasteiger partial charge in [0.25, 0.3) is 0 Å². The lowest BCUT2D eigenvalue weighted by molar-refractivity contribution is -0.0157. The Morgan fingerprint density at radius 2 is 2.35 bits per heavy atom. The van der Waals surface area contributed by atoms with E-state index in [-0.39, 0.29) is 5.60 Å². The van der Waals surface area contributed by atoms with Crippen molar-refractivity contribution < 1.29 is 14.2 Å². The molecule has 2 saturated heterocycles. The molecule has 2 atom stereocenters. The molecule has 0 aromatic rings. The van der Waals surface area contributed by atoms with Gasteiger partial charge in [-0.1, -0.05) is 0 Å². The van der Waals surface area contributed by atoms with E-state index in [0.29, 0.717) is 6.10 Å². The molecule has 0 radical (unpaired) electrons. The Balaban J connectivity index is 1.53. The van der Waals surface area contributed by atoms with Gasteiger partial charge < -0.3 is 19.5 Å². The lowest BCUT2D eigenvalue weighted by Gasteiger charge is -2.26. The topological polar surface area (TPSA) is 39.7 Å². The first-order valence-corrected chi connectivity index (χ1v) is 6.80. The number of hydrogen-bond acceptors (Lipinski definition) is 4. The summed E-state index contributed by atoms with van der Waals surface area (Å²) in [6.07, 6.45) is 6.37. The summed E-state index contributed by atoms with van der Waals surface area (Å²) in [5, 5.41) is 3.48. The molecule has 0 aliphatic carbocycles. The molecule has 100 valence electrons. The molecule has 4 heteroatoms. The molecule has 2 unspecified atom stereocenters. The van der Waals surface area contributed by atoms with Gasteiger partial charge in [-0.2, -0.15) is 0 Å². The second kappa shape index (κ2) is 6.69. The average Bonchev–Trinajstić information content (AvgIpc) is 3.00. The summed E-state index contributed by atoms with van der Waals surface area (Å²) in [7, 11) is 1.78. The zero-order valence-electron chi connectivity index (χ0n) is 10.9. The van der Waals surface area contributed by atoms with Crippen molar-refractivity contribution in [2.45, 2.75) is 43.8 Å².